The van der Waals surface area contributed by atoms with E-state index in [9.17, 15) is 9.18 Å². The average molecular weight is 293 g/mol. The summed E-state index contributed by atoms with van der Waals surface area (Å²) in [6.45, 7) is -0.266. The van der Waals surface area contributed by atoms with Crippen molar-refractivity contribution in [1.82, 2.24) is 5.32 Å². The van der Waals surface area contributed by atoms with Gasteiger partial charge in [0.2, 0.25) is 0 Å². The van der Waals surface area contributed by atoms with E-state index in [1.807, 2.05) is 0 Å². The van der Waals surface area contributed by atoms with Crippen molar-refractivity contribution >= 4 is 17.7 Å². The van der Waals surface area contributed by atoms with Crippen LogP contribution >= 0.6 is 11.8 Å². The first-order valence-electron chi connectivity index (χ1n) is 6.48. The Balaban J connectivity index is 2.11. The van der Waals surface area contributed by atoms with Crippen molar-refractivity contribution in [3.8, 4) is 11.8 Å². The lowest BCUT2D eigenvalue weighted by Crippen LogP contribution is -2.38. The highest BCUT2D eigenvalue weighted by atomic mass is 32.2. The van der Waals surface area contributed by atoms with Gasteiger partial charge in [-0.3, -0.25) is 4.79 Å². The van der Waals surface area contributed by atoms with E-state index in [1.165, 1.54) is 18.2 Å². The second-order valence-corrected chi connectivity index (χ2v) is 5.69. The first-order valence-corrected chi connectivity index (χ1v) is 7.64. The van der Waals surface area contributed by atoms with Crippen LogP contribution in [0.2, 0.25) is 0 Å². The molecule has 1 atom stereocenters. The maximum atomic E-state index is 13.7. The molecule has 1 aliphatic rings. The highest BCUT2D eigenvalue weighted by Gasteiger charge is 2.19. The standard InChI is InChI=1S/C15H16FNO2S/c16-14-6-5-11(3-1-7-18)9-13(14)15(19)17-12-4-2-8-20-10-12/h5-6,9,12,18H,2,4,7-8,10H2,(H,17,19). The zero-order valence-electron chi connectivity index (χ0n) is 11.0. The van der Waals surface area contributed by atoms with Crippen molar-refractivity contribution in [3.05, 3.63) is 35.1 Å². The topological polar surface area (TPSA) is 49.3 Å². The number of carbonyl (C=O) groups is 1. The number of carbonyl (C=O) groups excluding carboxylic acids is 1. The van der Waals surface area contributed by atoms with Crippen LogP contribution in [0.1, 0.15) is 28.8 Å². The zero-order valence-corrected chi connectivity index (χ0v) is 11.8. The van der Waals surface area contributed by atoms with E-state index in [0.717, 1.165) is 24.3 Å². The van der Waals surface area contributed by atoms with Gasteiger partial charge in [-0.1, -0.05) is 11.8 Å². The van der Waals surface area contributed by atoms with E-state index in [-0.39, 0.29) is 18.2 Å². The SMILES string of the molecule is O=C(NC1CCCSC1)c1cc(C#CCO)ccc1F. The van der Waals surface area contributed by atoms with Gasteiger partial charge in [0.05, 0.1) is 5.56 Å². The number of rotatable bonds is 2. The molecule has 1 unspecified atom stereocenters. The molecule has 1 aromatic rings. The highest BCUT2D eigenvalue weighted by Crippen LogP contribution is 2.18. The van der Waals surface area contributed by atoms with Crippen LogP contribution in [-0.2, 0) is 0 Å². The first-order chi connectivity index (χ1) is 9.70. The number of nitrogens with one attached hydrogen (secondary N) is 1. The number of aliphatic hydroxyl groups is 1. The molecule has 1 heterocycles. The summed E-state index contributed by atoms with van der Waals surface area (Å²) in [6.07, 6.45) is 2.00. The number of thioether (sulfide) groups is 1. The van der Waals surface area contributed by atoms with Gasteiger partial charge in [-0.05, 0) is 36.8 Å². The Morgan fingerprint density at radius 1 is 1.55 bits per heavy atom. The minimum atomic E-state index is -0.555. The second kappa shape index (κ2) is 7.32. The molecule has 0 aliphatic carbocycles. The highest BCUT2D eigenvalue weighted by molar-refractivity contribution is 7.99. The van der Waals surface area contributed by atoms with Gasteiger partial charge in [0.25, 0.3) is 5.91 Å². The van der Waals surface area contributed by atoms with Crippen molar-refractivity contribution in [2.24, 2.45) is 0 Å². The van der Waals surface area contributed by atoms with Gasteiger partial charge in [0, 0.05) is 17.4 Å². The molecule has 1 saturated heterocycles. The largest absolute Gasteiger partial charge is 0.384 e. The number of aliphatic hydroxyl groups excluding tert-OH is 1. The minimum Gasteiger partial charge on any atom is -0.384 e. The summed E-state index contributed by atoms with van der Waals surface area (Å²) < 4.78 is 13.7. The average Bonchev–Trinajstić information content (AvgIpc) is 2.47. The van der Waals surface area contributed by atoms with Crippen molar-refractivity contribution in [1.29, 1.82) is 0 Å². The van der Waals surface area contributed by atoms with Crippen LogP contribution in [0.15, 0.2) is 18.2 Å². The third-order valence-electron chi connectivity index (χ3n) is 3.02. The molecular formula is C15H16FNO2S. The quantitative estimate of drug-likeness (QED) is 0.818. The molecule has 0 radical (unpaired) electrons. The molecule has 1 aliphatic heterocycles. The van der Waals surface area contributed by atoms with Crippen molar-refractivity contribution in [2.75, 3.05) is 18.1 Å². The van der Waals surface area contributed by atoms with Gasteiger partial charge in [-0.2, -0.15) is 11.8 Å². The molecule has 1 aromatic carbocycles. The molecule has 2 N–H and O–H groups in total. The zero-order chi connectivity index (χ0) is 14.4. The number of hydrogen-bond acceptors (Lipinski definition) is 3. The second-order valence-electron chi connectivity index (χ2n) is 4.54. The van der Waals surface area contributed by atoms with Crippen LogP contribution in [0.4, 0.5) is 4.39 Å². The van der Waals surface area contributed by atoms with Crippen LogP contribution in [-0.4, -0.2) is 35.2 Å². The lowest BCUT2D eigenvalue weighted by Gasteiger charge is -2.22. The van der Waals surface area contributed by atoms with Gasteiger partial charge < -0.3 is 10.4 Å². The van der Waals surface area contributed by atoms with Crippen LogP contribution in [0, 0.1) is 17.7 Å². The lowest BCUT2D eigenvalue weighted by molar-refractivity contribution is 0.0934. The molecule has 0 spiro atoms. The molecule has 1 fully saturated rings. The summed E-state index contributed by atoms with van der Waals surface area (Å²) in [5, 5.41) is 11.5. The molecule has 5 heteroatoms. The number of amides is 1. The monoisotopic (exact) mass is 293 g/mol. The van der Waals surface area contributed by atoms with Crippen molar-refractivity contribution in [2.45, 2.75) is 18.9 Å². The van der Waals surface area contributed by atoms with Crippen LogP contribution in [0.5, 0.6) is 0 Å². The smallest absolute Gasteiger partial charge is 0.254 e. The summed E-state index contributed by atoms with van der Waals surface area (Å²) in [7, 11) is 0. The third kappa shape index (κ3) is 3.99. The fourth-order valence-electron chi connectivity index (χ4n) is 2.04. The molecule has 1 amide bonds. The van der Waals surface area contributed by atoms with E-state index in [0.29, 0.717) is 5.56 Å². The number of benzene rings is 1. The molecule has 0 aromatic heterocycles. The molecule has 0 bridgehead atoms. The Morgan fingerprint density at radius 3 is 3.10 bits per heavy atom. The summed E-state index contributed by atoms with van der Waals surface area (Å²) in [5.74, 6) is 6.18. The molecule has 0 saturated carbocycles. The fraction of sp³-hybridized carbons (Fsp3) is 0.400. The predicted molar refractivity (Wildman–Crippen MR) is 78.2 cm³/mol. The minimum absolute atomic E-state index is 0.00492. The third-order valence-corrected chi connectivity index (χ3v) is 4.23. The molecule has 106 valence electrons. The van der Waals surface area contributed by atoms with E-state index in [4.69, 9.17) is 5.11 Å². The number of hydrogen-bond donors (Lipinski definition) is 2. The van der Waals surface area contributed by atoms with Crippen LogP contribution in [0.3, 0.4) is 0 Å². The number of halogens is 1. The van der Waals surface area contributed by atoms with Crippen molar-refractivity contribution < 1.29 is 14.3 Å². The molecule has 3 nitrogen and oxygen atoms in total. The Kier molecular flexibility index (Phi) is 5.45. The van der Waals surface area contributed by atoms with E-state index in [2.05, 4.69) is 17.2 Å². The maximum Gasteiger partial charge on any atom is 0.254 e. The maximum absolute atomic E-state index is 13.7. The normalized spacial score (nSPS) is 18.0. The van der Waals surface area contributed by atoms with Gasteiger partial charge in [-0.15, -0.1) is 0 Å². The summed E-state index contributed by atoms with van der Waals surface area (Å²) >= 11 is 1.80. The molecular weight excluding hydrogens is 277 g/mol. The van der Waals surface area contributed by atoms with Crippen LogP contribution in [0.25, 0.3) is 0 Å². The fourth-order valence-corrected chi connectivity index (χ4v) is 3.11. The lowest BCUT2D eigenvalue weighted by atomic mass is 10.1. The summed E-state index contributed by atoms with van der Waals surface area (Å²) in [4.78, 5) is 12.1. The molecule has 2 rings (SSSR count). The van der Waals surface area contributed by atoms with Gasteiger partial charge in [0.1, 0.15) is 12.4 Å². The Morgan fingerprint density at radius 2 is 2.40 bits per heavy atom. The molecule has 20 heavy (non-hydrogen) atoms. The van der Waals surface area contributed by atoms with E-state index >= 15 is 0 Å². The van der Waals surface area contributed by atoms with Gasteiger partial charge >= 0.3 is 0 Å². The van der Waals surface area contributed by atoms with E-state index in [1.54, 1.807) is 11.8 Å². The Bertz CT molecular complexity index is 545. The Labute approximate surface area is 122 Å². The predicted octanol–water partition coefficient (Wildman–Crippen LogP) is 1.79. The summed E-state index contributed by atoms with van der Waals surface area (Å²) in [6, 6.07) is 4.24. The van der Waals surface area contributed by atoms with E-state index < -0.39 is 11.7 Å². The summed E-state index contributed by atoms with van der Waals surface area (Å²) in [5.41, 5.74) is 0.522. The van der Waals surface area contributed by atoms with Crippen LogP contribution < -0.4 is 5.32 Å². The first kappa shape index (κ1) is 14.9. The van der Waals surface area contributed by atoms with Gasteiger partial charge in [0.15, 0.2) is 0 Å². The van der Waals surface area contributed by atoms with Crippen molar-refractivity contribution in [3.63, 3.8) is 0 Å². The van der Waals surface area contributed by atoms with Gasteiger partial charge in [-0.25, -0.2) is 4.39 Å². The Hall–Kier alpha value is -1.51.